The predicted octanol–water partition coefficient (Wildman–Crippen LogP) is 1.75. The first-order chi connectivity index (χ1) is 13.9. The lowest BCUT2D eigenvalue weighted by Gasteiger charge is -2.25. The maximum atomic E-state index is 10.7. The number of likely N-dealkylation sites (N-methyl/N-ethyl adjacent to an activating group) is 1. The highest BCUT2D eigenvalue weighted by molar-refractivity contribution is 5.68. The zero-order chi connectivity index (χ0) is 21.2. The molecule has 2 rings (SSSR count). The topological polar surface area (TPSA) is 110 Å². The lowest BCUT2D eigenvalue weighted by Crippen LogP contribution is -2.27. The fourth-order valence-corrected chi connectivity index (χ4v) is 4.23. The minimum atomic E-state index is -0.836. The van der Waals surface area contributed by atoms with Gasteiger partial charge in [0.05, 0.1) is 24.9 Å². The van der Waals surface area contributed by atoms with E-state index in [2.05, 4.69) is 0 Å². The van der Waals surface area contributed by atoms with Gasteiger partial charge < -0.3 is 25.2 Å². The van der Waals surface area contributed by atoms with Gasteiger partial charge in [-0.2, -0.15) is 0 Å². The Bertz CT molecular complexity index is 598. The third-order valence-electron chi connectivity index (χ3n) is 5.77. The number of hydrogen-bond donors (Lipinski definition) is 4. The van der Waals surface area contributed by atoms with Gasteiger partial charge in [0, 0.05) is 0 Å². The van der Waals surface area contributed by atoms with Crippen LogP contribution in [0.5, 0.6) is 5.75 Å². The molecule has 0 radical (unpaired) electrons. The van der Waals surface area contributed by atoms with Gasteiger partial charge in [-0.05, 0) is 69.7 Å². The van der Waals surface area contributed by atoms with Gasteiger partial charge in [0.2, 0.25) is 0 Å². The molecule has 1 fully saturated rings. The first-order valence-electron chi connectivity index (χ1n) is 10.5. The molecule has 164 valence electrons. The van der Waals surface area contributed by atoms with Crippen molar-refractivity contribution in [2.24, 2.45) is 11.8 Å². The molecule has 0 amide bonds. The van der Waals surface area contributed by atoms with Crippen LogP contribution in [0.15, 0.2) is 30.3 Å². The van der Waals surface area contributed by atoms with Gasteiger partial charge in [0.1, 0.15) is 12.4 Å². The van der Waals surface area contributed by atoms with Crippen molar-refractivity contribution in [3.63, 3.8) is 0 Å². The van der Waals surface area contributed by atoms with E-state index in [1.807, 2.05) is 30.3 Å². The summed E-state index contributed by atoms with van der Waals surface area (Å²) in [5.41, 5.74) is 0. The minimum absolute atomic E-state index is 0.0111. The second kappa shape index (κ2) is 12.1. The Labute approximate surface area is 172 Å². The van der Waals surface area contributed by atoms with Crippen LogP contribution in [0.25, 0.3) is 0 Å². The second-order valence-corrected chi connectivity index (χ2v) is 8.18. The average molecular weight is 410 g/mol. The van der Waals surface area contributed by atoms with E-state index in [0.717, 1.165) is 19.3 Å². The van der Waals surface area contributed by atoms with Crippen LogP contribution in [0.2, 0.25) is 0 Å². The minimum Gasteiger partial charge on any atom is -0.491 e. The summed E-state index contributed by atoms with van der Waals surface area (Å²) in [5, 5.41) is 39.7. The molecule has 0 bridgehead atoms. The monoisotopic (exact) mass is 409 g/mol. The Morgan fingerprint density at radius 1 is 1.14 bits per heavy atom. The number of para-hydroxylation sites is 1. The fourth-order valence-electron chi connectivity index (χ4n) is 4.23. The van der Waals surface area contributed by atoms with Crippen LogP contribution in [0, 0.1) is 11.8 Å². The molecule has 1 aromatic rings. The largest absolute Gasteiger partial charge is 0.491 e. The Morgan fingerprint density at radius 2 is 1.79 bits per heavy atom. The standard InChI is InChI=1S/C22H35NO6/c1-23(14-22(27)28)12-6-5-9-18-19(21(26)13-20(18)25)11-10-16(24)15-29-17-7-3-2-4-8-17/h2-4,7-8,16,18-21,24-26H,5-6,9-15H2,1H3,(H,27,28)/t16-,18-,19-,20+,21-/m1/s1. The Morgan fingerprint density at radius 3 is 2.45 bits per heavy atom. The SMILES string of the molecule is CN(CCCC[C@@H]1[C@@H](CC[C@@H](O)COc2ccccc2)[C@H](O)C[C@@H]1O)CC(=O)O. The summed E-state index contributed by atoms with van der Waals surface area (Å²) in [6.07, 6.45) is 2.35. The Hall–Kier alpha value is -1.67. The lowest BCUT2D eigenvalue weighted by molar-refractivity contribution is -0.138. The quantitative estimate of drug-likeness (QED) is 0.367. The number of unbranched alkanes of at least 4 members (excludes halogenated alkanes) is 1. The van der Waals surface area contributed by atoms with E-state index >= 15 is 0 Å². The van der Waals surface area contributed by atoms with Gasteiger partial charge in [0.25, 0.3) is 0 Å². The summed E-state index contributed by atoms with van der Waals surface area (Å²) in [7, 11) is 1.78. The van der Waals surface area contributed by atoms with Gasteiger partial charge >= 0.3 is 5.97 Å². The molecule has 0 saturated heterocycles. The smallest absolute Gasteiger partial charge is 0.317 e. The van der Waals surface area contributed by atoms with E-state index in [1.54, 1.807) is 11.9 Å². The zero-order valence-corrected chi connectivity index (χ0v) is 17.2. The van der Waals surface area contributed by atoms with Gasteiger partial charge in [0.15, 0.2) is 0 Å². The van der Waals surface area contributed by atoms with E-state index in [0.29, 0.717) is 31.6 Å². The molecule has 0 aromatic heterocycles. The van der Waals surface area contributed by atoms with Gasteiger partial charge in [-0.1, -0.05) is 24.6 Å². The van der Waals surface area contributed by atoms with E-state index in [1.165, 1.54) is 0 Å². The van der Waals surface area contributed by atoms with Crippen molar-refractivity contribution in [2.75, 3.05) is 26.7 Å². The summed E-state index contributed by atoms with van der Waals surface area (Å²) in [6, 6.07) is 9.34. The van der Waals surface area contributed by atoms with Gasteiger partial charge in [-0.25, -0.2) is 0 Å². The van der Waals surface area contributed by atoms with Crippen molar-refractivity contribution < 1.29 is 30.0 Å². The third kappa shape index (κ3) is 8.30. The highest BCUT2D eigenvalue weighted by Gasteiger charge is 2.40. The van der Waals surface area contributed by atoms with Gasteiger partial charge in [-0.3, -0.25) is 9.69 Å². The van der Waals surface area contributed by atoms with Crippen molar-refractivity contribution in [3.8, 4) is 5.75 Å². The number of carboxylic acids is 1. The Balaban J connectivity index is 1.71. The van der Waals surface area contributed by atoms with Crippen LogP contribution in [0.4, 0.5) is 0 Å². The number of aliphatic hydroxyl groups excluding tert-OH is 3. The summed E-state index contributed by atoms with van der Waals surface area (Å²) < 4.78 is 5.58. The molecule has 5 atom stereocenters. The van der Waals surface area contributed by atoms with Crippen LogP contribution in [-0.2, 0) is 4.79 Å². The molecule has 29 heavy (non-hydrogen) atoms. The molecule has 1 aliphatic rings. The maximum Gasteiger partial charge on any atom is 0.317 e. The van der Waals surface area contributed by atoms with E-state index in [4.69, 9.17) is 9.84 Å². The van der Waals surface area contributed by atoms with E-state index < -0.39 is 24.3 Å². The maximum absolute atomic E-state index is 10.7. The molecule has 4 N–H and O–H groups in total. The molecular weight excluding hydrogens is 374 g/mol. The van der Waals surface area contributed by atoms with Crippen molar-refractivity contribution in [2.45, 2.75) is 56.8 Å². The predicted molar refractivity (Wildman–Crippen MR) is 110 cm³/mol. The first kappa shape index (κ1) is 23.6. The summed E-state index contributed by atoms with van der Waals surface area (Å²) in [4.78, 5) is 12.5. The number of benzene rings is 1. The number of aliphatic carboxylic acids is 1. The van der Waals surface area contributed by atoms with Gasteiger partial charge in [-0.15, -0.1) is 0 Å². The number of carbonyl (C=O) groups is 1. The molecule has 0 unspecified atom stereocenters. The van der Waals surface area contributed by atoms with Crippen LogP contribution >= 0.6 is 0 Å². The van der Waals surface area contributed by atoms with Crippen LogP contribution in [0.3, 0.4) is 0 Å². The molecule has 7 nitrogen and oxygen atoms in total. The second-order valence-electron chi connectivity index (χ2n) is 8.18. The summed E-state index contributed by atoms with van der Waals surface area (Å²) in [6.45, 7) is 0.921. The zero-order valence-electron chi connectivity index (χ0n) is 17.2. The lowest BCUT2D eigenvalue weighted by atomic mass is 9.85. The van der Waals surface area contributed by atoms with Crippen LogP contribution in [0.1, 0.15) is 38.5 Å². The van der Waals surface area contributed by atoms with Crippen molar-refractivity contribution in [3.05, 3.63) is 30.3 Å². The summed E-state index contributed by atoms with van der Waals surface area (Å²) in [5.74, 6) is -0.143. The van der Waals surface area contributed by atoms with Crippen molar-refractivity contribution in [1.82, 2.24) is 4.90 Å². The highest BCUT2D eigenvalue weighted by atomic mass is 16.5. The molecule has 7 heteroatoms. The number of carboxylic acid groups (broad SMARTS) is 1. The third-order valence-corrected chi connectivity index (χ3v) is 5.77. The number of ether oxygens (including phenoxy) is 1. The first-order valence-corrected chi connectivity index (χ1v) is 10.5. The van der Waals surface area contributed by atoms with Crippen molar-refractivity contribution in [1.29, 1.82) is 0 Å². The van der Waals surface area contributed by atoms with E-state index in [-0.39, 0.29) is 25.0 Å². The number of nitrogens with zero attached hydrogens (tertiary/aromatic N) is 1. The molecule has 0 aliphatic heterocycles. The van der Waals surface area contributed by atoms with Crippen LogP contribution in [-0.4, -0.2) is 76.4 Å². The molecule has 0 heterocycles. The fraction of sp³-hybridized carbons (Fsp3) is 0.682. The Kier molecular flexibility index (Phi) is 9.87. The number of hydrogen-bond acceptors (Lipinski definition) is 6. The van der Waals surface area contributed by atoms with Crippen molar-refractivity contribution >= 4 is 5.97 Å². The molecule has 0 spiro atoms. The highest BCUT2D eigenvalue weighted by Crippen LogP contribution is 2.39. The summed E-state index contributed by atoms with van der Waals surface area (Å²) >= 11 is 0. The number of rotatable bonds is 13. The molecule has 1 aliphatic carbocycles. The van der Waals surface area contributed by atoms with Crippen LogP contribution < -0.4 is 4.74 Å². The molecular formula is C22H35NO6. The van der Waals surface area contributed by atoms with E-state index in [9.17, 15) is 20.1 Å². The number of aliphatic hydroxyl groups is 3. The molecule has 1 saturated carbocycles. The molecule has 1 aromatic carbocycles. The average Bonchev–Trinajstić information content (AvgIpc) is 2.94. The normalized spacial score (nSPS) is 25.3.